The van der Waals surface area contributed by atoms with Crippen LogP contribution in [0.4, 0.5) is 5.69 Å². The molecule has 0 bridgehead atoms. The molecule has 0 aliphatic rings. The number of amides is 1. The van der Waals surface area contributed by atoms with E-state index >= 15 is 0 Å². The minimum atomic E-state index is -3.78. The molecule has 0 aliphatic heterocycles. The maximum absolute atomic E-state index is 12.6. The lowest BCUT2D eigenvalue weighted by Gasteiger charge is -2.29. The van der Waals surface area contributed by atoms with Crippen LogP contribution in [0.15, 0.2) is 48.5 Å². The topological polar surface area (TPSA) is 84.9 Å². The largest absolute Gasteiger partial charge is 0.495 e. The smallest absolute Gasteiger partial charge is 0.243 e. The Morgan fingerprint density at radius 1 is 1.21 bits per heavy atom. The van der Waals surface area contributed by atoms with Gasteiger partial charge in [0.25, 0.3) is 0 Å². The number of anilines is 1. The van der Waals surface area contributed by atoms with E-state index in [0.29, 0.717) is 24.0 Å². The summed E-state index contributed by atoms with van der Waals surface area (Å²) >= 11 is 6.03. The molecule has 0 aromatic heterocycles. The number of sulfonamides is 1. The van der Waals surface area contributed by atoms with E-state index in [-0.39, 0.29) is 12.2 Å². The van der Waals surface area contributed by atoms with Crippen molar-refractivity contribution in [1.29, 1.82) is 0 Å². The first-order valence-electron chi connectivity index (χ1n) is 8.96. The molecule has 9 heteroatoms. The van der Waals surface area contributed by atoms with Crippen LogP contribution in [-0.2, 0) is 26.2 Å². The van der Waals surface area contributed by atoms with Gasteiger partial charge in [-0.05, 0) is 30.7 Å². The van der Waals surface area contributed by atoms with Gasteiger partial charge in [-0.2, -0.15) is 0 Å². The van der Waals surface area contributed by atoms with E-state index in [1.165, 1.54) is 20.1 Å². The lowest BCUT2D eigenvalue weighted by Crippen LogP contribution is -2.48. The number of ether oxygens (including phenoxy) is 2. The fourth-order valence-corrected chi connectivity index (χ4v) is 4.11. The highest BCUT2D eigenvalue weighted by Gasteiger charge is 2.31. The van der Waals surface area contributed by atoms with E-state index in [4.69, 9.17) is 21.1 Å². The molecule has 29 heavy (non-hydrogen) atoms. The van der Waals surface area contributed by atoms with E-state index in [1.807, 2.05) is 30.3 Å². The third-order valence-electron chi connectivity index (χ3n) is 4.12. The molecule has 0 saturated carbocycles. The molecule has 1 amide bonds. The van der Waals surface area contributed by atoms with E-state index in [1.54, 1.807) is 12.1 Å². The molecule has 2 aromatic rings. The van der Waals surface area contributed by atoms with Gasteiger partial charge < -0.3 is 14.8 Å². The lowest BCUT2D eigenvalue weighted by atomic mass is 10.2. The van der Waals surface area contributed by atoms with Crippen LogP contribution in [-0.4, -0.2) is 46.9 Å². The second-order valence-corrected chi connectivity index (χ2v) is 8.68. The van der Waals surface area contributed by atoms with Crippen molar-refractivity contribution < 1.29 is 22.7 Å². The zero-order valence-corrected chi connectivity index (χ0v) is 18.2. The standard InChI is InChI=1S/C20H25ClN2O5S/c1-15(20(24)22-11-12-28-14-16-7-5-4-6-8-16)23(29(3,25)26)18-13-17(21)9-10-19(18)27-2/h4-10,13,15H,11-12,14H2,1-3H3,(H,22,24)/t15-/m1/s1. The van der Waals surface area contributed by atoms with Gasteiger partial charge in [0.05, 0.1) is 32.3 Å². The molecule has 2 rings (SSSR count). The Morgan fingerprint density at radius 3 is 2.52 bits per heavy atom. The maximum atomic E-state index is 12.6. The molecule has 1 atom stereocenters. The number of benzene rings is 2. The van der Waals surface area contributed by atoms with Crippen LogP contribution in [0.3, 0.4) is 0 Å². The summed E-state index contributed by atoms with van der Waals surface area (Å²) in [4.78, 5) is 12.6. The molecular weight excluding hydrogens is 416 g/mol. The highest BCUT2D eigenvalue weighted by molar-refractivity contribution is 7.92. The molecular formula is C20H25ClN2O5S. The second kappa shape index (κ2) is 10.5. The average molecular weight is 441 g/mol. The number of nitrogens with zero attached hydrogens (tertiary/aromatic N) is 1. The van der Waals surface area contributed by atoms with Gasteiger partial charge in [-0.25, -0.2) is 8.42 Å². The van der Waals surface area contributed by atoms with Gasteiger partial charge in [-0.1, -0.05) is 41.9 Å². The minimum Gasteiger partial charge on any atom is -0.495 e. The lowest BCUT2D eigenvalue weighted by molar-refractivity contribution is -0.122. The van der Waals surface area contributed by atoms with Crippen molar-refractivity contribution in [3.63, 3.8) is 0 Å². The molecule has 0 spiro atoms. The van der Waals surface area contributed by atoms with E-state index in [0.717, 1.165) is 16.1 Å². The van der Waals surface area contributed by atoms with Gasteiger partial charge in [0.15, 0.2) is 0 Å². The summed E-state index contributed by atoms with van der Waals surface area (Å²) in [5.41, 5.74) is 1.23. The number of halogens is 1. The molecule has 0 radical (unpaired) electrons. The van der Waals surface area contributed by atoms with Crippen LogP contribution in [0, 0.1) is 0 Å². The molecule has 0 fully saturated rings. The Hall–Kier alpha value is -2.29. The Morgan fingerprint density at radius 2 is 1.90 bits per heavy atom. The average Bonchev–Trinajstić information content (AvgIpc) is 2.67. The number of methoxy groups -OCH3 is 1. The first-order chi connectivity index (χ1) is 13.7. The molecule has 2 aromatic carbocycles. The van der Waals surface area contributed by atoms with Crippen LogP contribution in [0.5, 0.6) is 5.75 Å². The maximum Gasteiger partial charge on any atom is 0.243 e. The summed E-state index contributed by atoms with van der Waals surface area (Å²) in [5.74, 6) is -0.161. The second-order valence-electron chi connectivity index (χ2n) is 6.38. The van der Waals surface area contributed by atoms with Crippen molar-refractivity contribution in [3.8, 4) is 5.75 Å². The van der Waals surface area contributed by atoms with Gasteiger partial charge in [-0.3, -0.25) is 9.10 Å². The number of carbonyl (C=O) groups excluding carboxylic acids is 1. The van der Waals surface area contributed by atoms with E-state index in [2.05, 4.69) is 5.32 Å². The summed E-state index contributed by atoms with van der Waals surface area (Å²) in [6, 6.07) is 13.2. The normalized spacial score (nSPS) is 12.3. The first-order valence-corrected chi connectivity index (χ1v) is 11.2. The molecule has 7 nitrogen and oxygen atoms in total. The Balaban J connectivity index is 2.01. The molecule has 0 heterocycles. The quantitative estimate of drug-likeness (QED) is 0.574. The zero-order valence-electron chi connectivity index (χ0n) is 16.6. The highest BCUT2D eigenvalue weighted by Crippen LogP contribution is 2.34. The van der Waals surface area contributed by atoms with Gasteiger partial charge in [0, 0.05) is 11.6 Å². The third-order valence-corrected chi connectivity index (χ3v) is 5.59. The van der Waals surface area contributed by atoms with Crippen LogP contribution < -0.4 is 14.4 Å². The first kappa shape index (κ1) is 23.0. The fourth-order valence-electron chi connectivity index (χ4n) is 2.77. The van der Waals surface area contributed by atoms with E-state index < -0.39 is 22.0 Å². The van der Waals surface area contributed by atoms with Gasteiger partial charge >= 0.3 is 0 Å². The van der Waals surface area contributed by atoms with Crippen molar-refractivity contribution in [2.24, 2.45) is 0 Å². The van der Waals surface area contributed by atoms with Gasteiger partial charge in [-0.15, -0.1) is 0 Å². The Kier molecular flexibility index (Phi) is 8.31. The monoisotopic (exact) mass is 440 g/mol. The molecule has 158 valence electrons. The predicted molar refractivity (Wildman–Crippen MR) is 114 cm³/mol. The Labute approximate surface area is 176 Å². The number of hydrogen-bond donors (Lipinski definition) is 1. The summed E-state index contributed by atoms with van der Waals surface area (Å²) in [5, 5.41) is 3.03. The molecule has 0 aliphatic carbocycles. The van der Waals surface area contributed by atoms with Crippen molar-refractivity contribution >= 4 is 33.2 Å². The van der Waals surface area contributed by atoms with Crippen LogP contribution in [0.25, 0.3) is 0 Å². The third kappa shape index (κ3) is 6.62. The fraction of sp³-hybridized carbons (Fsp3) is 0.350. The minimum absolute atomic E-state index is 0.200. The highest BCUT2D eigenvalue weighted by atomic mass is 35.5. The predicted octanol–water partition coefficient (Wildman–Crippen LogP) is 2.84. The summed E-state index contributed by atoms with van der Waals surface area (Å²) in [7, 11) is -2.36. The summed E-state index contributed by atoms with van der Waals surface area (Å²) in [6.45, 7) is 2.48. The zero-order chi connectivity index (χ0) is 21.4. The number of carbonyl (C=O) groups is 1. The number of nitrogens with one attached hydrogen (secondary N) is 1. The molecule has 0 unspecified atom stereocenters. The number of hydrogen-bond acceptors (Lipinski definition) is 5. The number of rotatable bonds is 10. The van der Waals surface area contributed by atoms with Crippen molar-refractivity contribution in [1.82, 2.24) is 5.32 Å². The van der Waals surface area contributed by atoms with Crippen molar-refractivity contribution in [2.45, 2.75) is 19.6 Å². The van der Waals surface area contributed by atoms with Crippen molar-refractivity contribution in [3.05, 3.63) is 59.1 Å². The summed E-state index contributed by atoms with van der Waals surface area (Å²) < 4.78 is 36.6. The van der Waals surface area contributed by atoms with Gasteiger partial charge in [0.1, 0.15) is 11.8 Å². The van der Waals surface area contributed by atoms with Crippen LogP contribution in [0.2, 0.25) is 5.02 Å². The van der Waals surface area contributed by atoms with Crippen LogP contribution in [0.1, 0.15) is 12.5 Å². The van der Waals surface area contributed by atoms with E-state index in [9.17, 15) is 13.2 Å². The Bertz CT molecular complexity index is 922. The molecule has 0 saturated heterocycles. The molecule has 1 N–H and O–H groups in total. The SMILES string of the molecule is COc1ccc(Cl)cc1N([C@H](C)C(=O)NCCOCc1ccccc1)S(C)(=O)=O. The summed E-state index contributed by atoms with van der Waals surface area (Å²) in [6.07, 6.45) is 1.03. The van der Waals surface area contributed by atoms with Gasteiger partial charge in [0.2, 0.25) is 15.9 Å². The van der Waals surface area contributed by atoms with Crippen LogP contribution >= 0.6 is 11.6 Å². The van der Waals surface area contributed by atoms with Crippen molar-refractivity contribution in [2.75, 3.05) is 30.8 Å².